The summed E-state index contributed by atoms with van der Waals surface area (Å²) in [7, 11) is 3.97. The van der Waals surface area contributed by atoms with Crippen LogP contribution in [-0.2, 0) is 6.54 Å². The summed E-state index contributed by atoms with van der Waals surface area (Å²) >= 11 is 0. The molecular formula is C20H24FN3. The van der Waals surface area contributed by atoms with Gasteiger partial charge in [-0.15, -0.1) is 0 Å². The number of nitrogens with zero attached hydrogens (tertiary/aromatic N) is 2. The summed E-state index contributed by atoms with van der Waals surface area (Å²) in [4.78, 5) is 6.30. The van der Waals surface area contributed by atoms with Gasteiger partial charge in [-0.3, -0.25) is 0 Å². The number of allylic oxidation sites excluding steroid dienone is 1. The maximum absolute atomic E-state index is 14.7. The van der Waals surface area contributed by atoms with Crippen molar-refractivity contribution < 1.29 is 4.39 Å². The summed E-state index contributed by atoms with van der Waals surface area (Å²) in [5, 5.41) is 0. The predicted octanol–water partition coefficient (Wildman–Crippen LogP) is 4.38. The van der Waals surface area contributed by atoms with Gasteiger partial charge in [0.2, 0.25) is 0 Å². The van der Waals surface area contributed by atoms with Gasteiger partial charge in [0, 0.05) is 17.7 Å². The number of aromatic nitrogens is 1. The molecule has 1 aromatic heterocycles. The average molecular weight is 325 g/mol. The Hall–Kier alpha value is -2.46. The monoisotopic (exact) mass is 325 g/mol. The minimum atomic E-state index is -0.262. The van der Waals surface area contributed by atoms with Crippen molar-refractivity contribution >= 4 is 23.5 Å². The molecule has 0 radical (unpaired) electrons. The van der Waals surface area contributed by atoms with Gasteiger partial charge in [0.1, 0.15) is 11.6 Å². The highest BCUT2D eigenvalue weighted by molar-refractivity contribution is 5.73. The summed E-state index contributed by atoms with van der Waals surface area (Å²) in [5.41, 5.74) is 10.3. The van der Waals surface area contributed by atoms with E-state index >= 15 is 0 Å². The van der Waals surface area contributed by atoms with Crippen LogP contribution in [0.2, 0.25) is 0 Å². The number of rotatable bonds is 5. The van der Waals surface area contributed by atoms with E-state index in [9.17, 15) is 4.39 Å². The molecule has 0 aliphatic carbocycles. The third-order valence-corrected chi connectivity index (χ3v) is 3.56. The highest BCUT2D eigenvalue weighted by Crippen LogP contribution is 2.24. The number of hydrogen-bond donors (Lipinski definition) is 1. The van der Waals surface area contributed by atoms with Crippen LogP contribution in [0.15, 0.2) is 30.8 Å². The van der Waals surface area contributed by atoms with Gasteiger partial charge in [-0.25, -0.2) is 9.37 Å². The molecule has 0 atom stereocenters. The quantitative estimate of drug-likeness (QED) is 0.887. The van der Waals surface area contributed by atoms with Crippen LogP contribution in [0.4, 0.5) is 10.2 Å². The number of halogens is 1. The summed E-state index contributed by atoms with van der Waals surface area (Å²) in [6.45, 7) is 8.38. The van der Waals surface area contributed by atoms with Crippen molar-refractivity contribution in [3.63, 3.8) is 0 Å². The van der Waals surface area contributed by atoms with Crippen LogP contribution in [0, 0.1) is 12.7 Å². The van der Waals surface area contributed by atoms with Gasteiger partial charge in [-0.2, -0.15) is 0 Å². The Balaban J connectivity index is 2.45. The Morgan fingerprint density at radius 2 is 1.96 bits per heavy atom. The molecule has 0 fully saturated rings. The zero-order valence-corrected chi connectivity index (χ0v) is 14.7. The van der Waals surface area contributed by atoms with Gasteiger partial charge in [-0.05, 0) is 81.1 Å². The van der Waals surface area contributed by atoms with Crippen molar-refractivity contribution in [3.05, 3.63) is 64.6 Å². The largest absolute Gasteiger partial charge is 0.384 e. The van der Waals surface area contributed by atoms with Gasteiger partial charge in [0.25, 0.3) is 0 Å². The van der Waals surface area contributed by atoms with Crippen LogP contribution in [0.1, 0.15) is 34.9 Å². The molecule has 0 aliphatic rings. The van der Waals surface area contributed by atoms with E-state index in [2.05, 4.69) is 11.6 Å². The Kier molecular flexibility index (Phi) is 5.52. The Bertz CT molecular complexity index is 771. The first-order chi connectivity index (χ1) is 11.3. The fourth-order valence-electron chi connectivity index (χ4n) is 2.58. The highest BCUT2D eigenvalue weighted by atomic mass is 19.1. The molecule has 0 saturated carbocycles. The molecule has 1 heterocycles. The molecular weight excluding hydrogens is 301 g/mol. The number of aryl methyl sites for hydroxylation is 1. The Morgan fingerprint density at radius 3 is 2.54 bits per heavy atom. The molecule has 0 unspecified atom stereocenters. The maximum Gasteiger partial charge on any atom is 0.137 e. The predicted molar refractivity (Wildman–Crippen MR) is 101 cm³/mol. The molecule has 0 spiro atoms. The Labute approximate surface area is 143 Å². The van der Waals surface area contributed by atoms with E-state index in [0.29, 0.717) is 28.2 Å². The van der Waals surface area contributed by atoms with Crippen molar-refractivity contribution in [2.24, 2.45) is 0 Å². The average Bonchev–Trinajstić information content (AvgIpc) is 2.45. The van der Waals surface area contributed by atoms with E-state index < -0.39 is 0 Å². The van der Waals surface area contributed by atoms with Crippen LogP contribution >= 0.6 is 0 Å². The summed E-state index contributed by atoms with van der Waals surface area (Å²) < 4.78 is 14.7. The second-order valence-electron chi connectivity index (χ2n) is 6.39. The minimum absolute atomic E-state index is 0.262. The van der Waals surface area contributed by atoms with Gasteiger partial charge >= 0.3 is 0 Å². The lowest BCUT2D eigenvalue weighted by Gasteiger charge is -2.14. The van der Waals surface area contributed by atoms with Crippen molar-refractivity contribution in [2.75, 3.05) is 19.8 Å². The van der Waals surface area contributed by atoms with Gasteiger partial charge in [0.05, 0.1) is 5.69 Å². The van der Waals surface area contributed by atoms with E-state index in [4.69, 9.17) is 5.73 Å². The van der Waals surface area contributed by atoms with E-state index in [1.807, 2.05) is 51.0 Å². The smallest absolute Gasteiger partial charge is 0.137 e. The highest BCUT2D eigenvalue weighted by Gasteiger charge is 2.10. The van der Waals surface area contributed by atoms with Crippen LogP contribution in [0.25, 0.3) is 17.7 Å². The van der Waals surface area contributed by atoms with E-state index in [-0.39, 0.29) is 5.82 Å². The third-order valence-electron chi connectivity index (χ3n) is 3.56. The molecule has 0 aliphatic heterocycles. The first kappa shape index (κ1) is 17.9. The van der Waals surface area contributed by atoms with Crippen molar-refractivity contribution in [2.45, 2.75) is 20.4 Å². The van der Waals surface area contributed by atoms with Gasteiger partial charge in [-0.1, -0.05) is 6.58 Å². The number of nitrogen functional groups attached to an aromatic ring is 1. The zero-order valence-electron chi connectivity index (χ0n) is 14.7. The first-order valence-electron chi connectivity index (χ1n) is 7.81. The normalized spacial score (nSPS) is 11.4. The lowest BCUT2D eigenvalue weighted by Crippen LogP contribution is -2.11. The molecule has 126 valence electrons. The molecule has 24 heavy (non-hydrogen) atoms. The number of hydrogen-bond acceptors (Lipinski definition) is 3. The van der Waals surface area contributed by atoms with E-state index in [0.717, 1.165) is 17.7 Å². The summed E-state index contributed by atoms with van der Waals surface area (Å²) in [6, 6.07) is 7.43. The second kappa shape index (κ2) is 7.41. The molecule has 0 bridgehead atoms. The van der Waals surface area contributed by atoms with Crippen LogP contribution in [0.5, 0.6) is 0 Å². The van der Waals surface area contributed by atoms with Crippen LogP contribution in [-0.4, -0.2) is 24.0 Å². The fourth-order valence-corrected chi connectivity index (χ4v) is 2.58. The molecule has 3 nitrogen and oxygen atoms in total. The van der Waals surface area contributed by atoms with E-state index in [1.165, 1.54) is 0 Å². The lowest BCUT2D eigenvalue weighted by molar-refractivity contribution is 0.402. The van der Waals surface area contributed by atoms with Crippen molar-refractivity contribution in [3.8, 4) is 0 Å². The topological polar surface area (TPSA) is 42.1 Å². The number of pyridine rings is 1. The fraction of sp³-hybridized carbons (Fsp3) is 0.250. The summed E-state index contributed by atoms with van der Waals surface area (Å²) in [6.07, 6.45) is 3.52. The standard InChI is InChI=1S/C20H24FN3/c1-13(2)18-11-15(12-24(4)5)10-16(20(18)21)6-7-17-8-14(3)9-19(22)23-17/h6-11H,1,12H2,2-5H3,(H2,22,23)/b7-6+. The SMILES string of the molecule is C=C(C)c1cc(CN(C)C)cc(/C=C/c2cc(C)cc(N)n2)c1F. The van der Waals surface area contributed by atoms with Gasteiger partial charge in [0.15, 0.2) is 0 Å². The molecule has 2 rings (SSSR count). The first-order valence-corrected chi connectivity index (χ1v) is 7.81. The van der Waals surface area contributed by atoms with Crippen LogP contribution < -0.4 is 5.73 Å². The van der Waals surface area contributed by atoms with E-state index in [1.54, 1.807) is 18.2 Å². The maximum atomic E-state index is 14.7. The second-order valence-corrected chi connectivity index (χ2v) is 6.39. The molecule has 0 saturated heterocycles. The van der Waals surface area contributed by atoms with Crippen molar-refractivity contribution in [1.29, 1.82) is 0 Å². The molecule has 2 N–H and O–H groups in total. The molecule has 1 aromatic carbocycles. The number of anilines is 1. The molecule has 0 amide bonds. The van der Waals surface area contributed by atoms with Crippen molar-refractivity contribution in [1.82, 2.24) is 9.88 Å². The minimum Gasteiger partial charge on any atom is -0.384 e. The third kappa shape index (κ3) is 4.52. The summed E-state index contributed by atoms with van der Waals surface area (Å²) in [5.74, 6) is 0.195. The zero-order chi connectivity index (χ0) is 17.9. The Morgan fingerprint density at radius 1 is 1.25 bits per heavy atom. The molecule has 4 heteroatoms. The number of nitrogens with two attached hydrogens (primary N) is 1. The number of benzene rings is 1. The van der Waals surface area contributed by atoms with Crippen LogP contribution in [0.3, 0.4) is 0 Å². The lowest BCUT2D eigenvalue weighted by atomic mass is 9.99. The van der Waals surface area contributed by atoms with Gasteiger partial charge < -0.3 is 10.6 Å². The molecule has 2 aromatic rings.